The molecular weight excluding hydrogens is 238 g/mol. The third kappa shape index (κ3) is 2.18. The van der Waals surface area contributed by atoms with E-state index in [0.717, 1.165) is 6.54 Å². The number of nitrogens with one attached hydrogen (secondary N) is 1. The average molecular weight is 254 g/mol. The Morgan fingerprint density at radius 2 is 2.29 bits per heavy atom. The zero-order chi connectivity index (χ0) is 9.97. The van der Waals surface area contributed by atoms with Crippen molar-refractivity contribution in [3.63, 3.8) is 0 Å². The lowest BCUT2D eigenvalue weighted by Gasteiger charge is -2.24. The Morgan fingerprint density at radius 1 is 1.43 bits per heavy atom. The molecular formula is C12H16BrN. The SMILES string of the molecule is Cc1ccc(C2CCCNC2)c(Br)c1. The molecule has 1 aromatic rings. The molecule has 1 aliphatic rings. The molecule has 0 radical (unpaired) electrons. The van der Waals surface area contributed by atoms with Crippen molar-refractivity contribution in [2.75, 3.05) is 13.1 Å². The Kier molecular flexibility index (Phi) is 3.24. The van der Waals surface area contributed by atoms with E-state index in [0.29, 0.717) is 5.92 Å². The fourth-order valence-electron chi connectivity index (χ4n) is 2.08. The van der Waals surface area contributed by atoms with Crippen LogP contribution in [0.5, 0.6) is 0 Å². The van der Waals surface area contributed by atoms with Gasteiger partial charge in [0.15, 0.2) is 0 Å². The topological polar surface area (TPSA) is 12.0 Å². The first kappa shape index (κ1) is 10.2. The summed E-state index contributed by atoms with van der Waals surface area (Å²) in [7, 11) is 0. The van der Waals surface area contributed by atoms with Gasteiger partial charge < -0.3 is 5.32 Å². The molecule has 1 saturated heterocycles. The Hall–Kier alpha value is -0.340. The lowest BCUT2D eigenvalue weighted by molar-refractivity contribution is 0.460. The fourth-order valence-corrected chi connectivity index (χ4v) is 2.90. The number of piperidine rings is 1. The number of benzene rings is 1. The van der Waals surface area contributed by atoms with E-state index in [1.54, 1.807) is 0 Å². The second-order valence-corrected chi connectivity index (χ2v) is 4.92. The average Bonchev–Trinajstić information content (AvgIpc) is 2.19. The molecule has 14 heavy (non-hydrogen) atoms. The predicted octanol–water partition coefficient (Wildman–Crippen LogP) is 3.22. The van der Waals surface area contributed by atoms with Gasteiger partial charge in [0, 0.05) is 11.0 Å². The summed E-state index contributed by atoms with van der Waals surface area (Å²) in [4.78, 5) is 0. The van der Waals surface area contributed by atoms with Crippen LogP contribution >= 0.6 is 15.9 Å². The Balaban J connectivity index is 2.22. The molecule has 0 aliphatic carbocycles. The van der Waals surface area contributed by atoms with E-state index in [9.17, 15) is 0 Å². The van der Waals surface area contributed by atoms with Crippen LogP contribution in [0.3, 0.4) is 0 Å². The number of rotatable bonds is 1. The number of hydrogen-bond acceptors (Lipinski definition) is 1. The van der Waals surface area contributed by atoms with E-state index in [2.05, 4.69) is 46.4 Å². The van der Waals surface area contributed by atoms with Crippen molar-refractivity contribution < 1.29 is 0 Å². The number of hydrogen-bond donors (Lipinski definition) is 1. The summed E-state index contributed by atoms with van der Waals surface area (Å²) >= 11 is 3.65. The molecule has 0 bridgehead atoms. The predicted molar refractivity (Wildman–Crippen MR) is 63.7 cm³/mol. The molecule has 1 aromatic carbocycles. The van der Waals surface area contributed by atoms with Gasteiger partial charge in [-0.05, 0) is 49.4 Å². The van der Waals surface area contributed by atoms with Crippen LogP contribution in [0.1, 0.15) is 29.9 Å². The van der Waals surface area contributed by atoms with Gasteiger partial charge in [-0.25, -0.2) is 0 Å². The summed E-state index contributed by atoms with van der Waals surface area (Å²) in [6.45, 7) is 4.44. The first-order valence-corrected chi connectivity index (χ1v) is 6.03. The van der Waals surface area contributed by atoms with E-state index in [1.807, 2.05) is 0 Å². The maximum absolute atomic E-state index is 3.65. The minimum absolute atomic E-state index is 0.693. The maximum atomic E-state index is 3.65. The zero-order valence-corrected chi connectivity index (χ0v) is 10.1. The first-order valence-electron chi connectivity index (χ1n) is 5.24. The Labute approximate surface area is 94.0 Å². The Bertz CT molecular complexity index is 316. The molecule has 1 heterocycles. The van der Waals surface area contributed by atoms with Crippen LogP contribution in [0.4, 0.5) is 0 Å². The molecule has 0 aromatic heterocycles. The lowest BCUT2D eigenvalue weighted by atomic mass is 9.91. The first-order chi connectivity index (χ1) is 6.77. The molecule has 1 nitrogen and oxygen atoms in total. The van der Waals surface area contributed by atoms with Crippen molar-refractivity contribution in [3.8, 4) is 0 Å². The molecule has 2 heteroatoms. The van der Waals surface area contributed by atoms with Crippen molar-refractivity contribution in [2.24, 2.45) is 0 Å². The third-order valence-electron chi connectivity index (χ3n) is 2.89. The molecule has 1 unspecified atom stereocenters. The summed E-state index contributed by atoms with van der Waals surface area (Å²) in [6.07, 6.45) is 2.61. The summed E-state index contributed by atoms with van der Waals surface area (Å²) < 4.78 is 1.27. The van der Waals surface area contributed by atoms with Gasteiger partial charge in [0.1, 0.15) is 0 Å². The fraction of sp³-hybridized carbons (Fsp3) is 0.500. The highest BCUT2D eigenvalue weighted by Crippen LogP contribution is 2.30. The molecule has 1 aliphatic heterocycles. The standard InChI is InChI=1S/C12H16BrN/c1-9-4-5-11(12(13)7-9)10-3-2-6-14-8-10/h4-5,7,10,14H,2-3,6,8H2,1H3. The minimum Gasteiger partial charge on any atom is -0.316 e. The van der Waals surface area contributed by atoms with Gasteiger partial charge >= 0.3 is 0 Å². The van der Waals surface area contributed by atoms with E-state index >= 15 is 0 Å². The van der Waals surface area contributed by atoms with Crippen LogP contribution in [0.15, 0.2) is 22.7 Å². The van der Waals surface area contributed by atoms with E-state index < -0.39 is 0 Å². The lowest BCUT2D eigenvalue weighted by Crippen LogP contribution is -2.28. The second-order valence-electron chi connectivity index (χ2n) is 4.07. The molecule has 0 spiro atoms. The summed E-state index contributed by atoms with van der Waals surface area (Å²) in [5, 5.41) is 3.45. The van der Waals surface area contributed by atoms with Crippen LogP contribution < -0.4 is 5.32 Å². The Morgan fingerprint density at radius 3 is 2.93 bits per heavy atom. The van der Waals surface area contributed by atoms with Crippen molar-refractivity contribution in [3.05, 3.63) is 33.8 Å². The maximum Gasteiger partial charge on any atom is 0.0213 e. The molecule has 0 amide bonds. The van der Waals surface area contributed by atoms with Gasteiger partial charge in [0.2, 0.25) is 0 Å². The largest absolute Gasteiger partial charge is 0.316 e. The van der Waals surface area contributed by atoms with Gasteiger partial charge in [0.25, 0.3) is 0 Å². The van der Waals surface area contributed by atoms with Gasteiger partial charge in [0.05, 0.1) is 0 Å². The van der Waals surface area contributed by atoms with Gasteiger partial charge in [-0.15, -0.1) is 0 Å². The van der Waals surface area contributed by atoms with Gasteiger partial charge in [-0.3, -0.25) is 0 Å². The quantitative estimate of drug-likeness (QED) is 0.811. The van der Waals surface area contributed by atoms with Crippen LogP contribution in [0.25, 0.3) is 0 Å². The normalized spacial score (nSPS) is 22.3. The van der Waals surface area contributed by atoms with Crippen LogP contribution in [-0.4, -0.2) is 13.1 Å². The molecule has 1 N–H and O–H groups in total. The van der Waals surface area contributed by atoms with E-state index in [-0.39, 0.29) is 0 Å². The van der Waals surface area contributed by atoms with E-state index in [1.165, 1.54) is 35.0 Å². The van der Waals surface area contributed by atoms with Crippen molar-refractivity contribution in [2.45, 2.75) is 25.7 Å². The molecule has 2 rings (SSSR count). The van der Waals surface area contributed by atoms with Gasteiger partial charge in [-0.2, -0.15) is 0 Å². The molecule has 0 saturated carbocycles. The second kappa shape index (κ2) is 4.45. The third-order valence-corrected chi connectivity index (χ3v) is 3.58. The molecule has 1 fully saturated rings. The minimum atomic E-state index is 0.693. The zero-order valence-electron chi connectivity index (χ0n) is 8.52. The number of halogens is 1. The van der Waals surface area contributed by atoms with Crippen LogP contribution in [-0.2, 0) is 0 Å². The van der Waals surface area contributed by atoms with Crippen molar-refractivity contribution in [1.29, 1.82) is 0 Å². The summed E-state index contributed by atoms with van der Waals surface area (Å²) in [5.74, 6) is 0.693. The summed E-state index contributed by atoms with van der Waals surface area (Å²) in [5.41, 5.74) is 2.78. The summed E-state index contributed by atoms with van der Waals surface area (Å²) in [6, 6.07) is 6.68. The van der Waals surface area contributed by atoms with Crippen LogP contribution in [0.2, 0.25) is 0 Å². The smallest absolute Gasteiger partial charge is 0.0213 e. The highest BCUT2D eigenvalue weighted by atomic mass is 79.9. The molecule has 76 valence electrons. The van der Waals surface area contributed by atoms with Crippen molar-refractivity contribution in [1.82, 2.24) is 5.32 Å². The monoisotopic (exact) mass is 253 g/mol. The van der Waals surface area contributed by atoms with Gasteiger partial charge in [-0.1, -0.05) is 28.1 Å². The van der Waals surface area contributed by atoms with E-state index in [4.69, 9.17) is 0 Å². The highest BCUT2D eigenvalue weighted by Gasteiger charge is 2.16. The highest BCUT2D eigenvalue weighted by molar-refractivity contribution is 9.10. The van der Waals surface area contributed by atoms with Crippen LogP contribution in [0, 0.1) is 6.92 Å². The molecule has 1 atom stereocenters. The number of aryl methyl sites for hydroxylation is 1. The van der Waals surface area contributed by atoms with Crippen molar-refractivity contribution >= 4 is 15.9 Å².